The maximum Gasteiger partial charge on any atom is 0.246 e. The lowest BCUT2D eigenvalue weighted by Gasteiger charge is -2.56. The first-order chi connectivity index (χ1) is 11.5. The van der Waals surface area contributed by atoms with Crippen molar-refractivity contribution in [1.29, 1.82) is 0 Å². The Morgan fingerprint density at radius 3 is 2.12 bits per heavy atom. The molecular weight excluding hydrogens is 316 g/mol. The summed E-state index contributed by atoms with van der Waals surface area (Å²) in [7, 11) is 0. The van der Waals surface area contributed by atoms with E-state index in [1.54, 1.807) is 0 Å². The molecule has 1 aromatic rings. The van der Waals surface area contributed by atoms with E-state index in [4.69, 9.17) is 11.6 Å². The fourth-order valence-electron chi connectivity index (χ4n) is 4.10. The van der Waals surface area contributed by atoms with Gasteiger partial charge in [-0.1, -0.05) is 30.3 Å². The van der Waals surface area contributed by atoms with Crippen molar-refractivity contribution in [2.24, 2.45) is 11.6 Å². The highest BCUT2D eigenvalue weighted by Crippen LogP contribution is 2.40. The first kappa shape index (κ1) is 19.4. The molecule has 0 aromatic heterocycles. The van der Waals surface area contributed by atoms with Crippen LogP contribution in [0.2, 0.25) is 0 Å². The molecule has 1 aromatic carbocycles. The Hall–Kier alpha value is -1.92. The summed E-state index contributed by atoms with van der Waals surface area (Å²) >= 11 is 0. The van der Waals surface area contributed by atoms with Crippen molar-refractivity contribution in [3.8, 4) is 0 Å². The number of benzene rings is 1. The standard InChI is InChI=1S/C19H30N4O2/c1-18(2)11-15(23(21)17(25)10-16(20)24)12-19(3,4)22(18)13-14-8-6-5-7-9-14/h5-9,15H,10-13,21H2,1-4H3,(H2,20,24). The van der Waals surface area contributed by atoms with Crippen LogP contribution in [-0.2, 0) is 16.1 Å². The van der Waals surface area contributed by atoms with Gasteiger partial charge in [0.1, 0.15) is 6.42 Å². The van der Waals surface area contributed by atoms with Gasteiger partial charge in [-0.25, -0.2) is 5.84 Å². The SMILES string of the molecule is CC1(C)CC(N(N)C(=O)CC(N)=O)CC(C)(C)N1Cc1ccccc1. The molecule has 1 fully saturated rings. The van der Waals surface area contributed by atoms with Crippen LogP contribution in [0.3, 0.4) is 0 Å². The molecule has 0 bridgehead atoms. The Morgan fingerprint density at radius 1 is 1.12 bits per heavy atom. The third-order valence-electron chi connectivity index (χ3n) is 5.12. The predicted octanol–water partition coefficient (Wildman–Crippen LogP) is 1.79. The number of primary amides is 1. The number of nitrogens with zero attached hydrogens (tertiary/aromatic N) is 2. The summed E-state index contributed by atoms with van der Waals surface area (Å²) in [5.41, 5.74) is 6.09. The molecule has 6 heteroatoms. The highest BCUT2D eigenvalue weighted by Gasteiger charge is 2.47. The van der Waals surface area contributed by atoms with E-state index in [0.29, 0.717) is 0 Å². The highest BCUT2D eigenvalue weighted by atomic mass is 16.2. The van der Waals surface area contributed by atoms with E-state index in [9.17, 15) is 9.59 Å². The lowest BCUT2D eigenvalue weighted by atomic mass is 9.76. The van der Waals surface area contributed by atoms with E-state index in [1.807, 2.05) is 18.2 Å². The minimum absolute atomic E-state index is 0.121. The van der Waals surface area contributed by atoms with Crippen molar-refractivity contribution < 1.29 is 9.59 Å². The summed E-state index contributed by atoms with van der Waals surface area (Å²) in [4.78, 5) is 25.6. The molecule has 6 nitrogen and oxygen atoms in total. The fraction of sp³-hybridized carbons (Fsp3) is 0.579. The van der Waals surface area contributed by atoms with Crippen LogP contribution in [-0.4, -0.2) is 38.8 Å². The van der Waals surface area contributed by atoms with Gasteiger partial charge in [0.05, 0.1) is 6.04 Å². The van der Waals surface area contributed by atoms with Crippen LogP contribution in [0.25, 0.3) is 0 Å². The summed E-state index contributed by atoms with van der Waals surface area (Å²) in [6.07, 6.45) is 1.14. The van der Waals surface area contributed by atoms with Crippen molar-refractivity contribution in [3.05, 3.63) is 35.9 Å². The molecule has 2 rings (SSSR count). The molecule has 0 aliphatic carbocycles. The number of hydrogen-bond acceptors (Lipinski definition) is 4. The van der Waals surface area contributed by atoms with Crippen LogP contribution in [0.15, 0.2) is 30.3 Å². The number of rotatable bonds is 5. The van der Waals surface area contributed by atoms with Gasteiger partial charge in [-0.15, -0.1) is 0 Å². The molecule has 2 amide bonds. The number of hydrogen-bond donors (Lipinski definition) is 2. The predicted molar refractivity (Wildman–Crippen MR) is 98.0 cm³/mol. The number of likely N-dealkylation sites (tertiary alicyclic amines) is 1. The second kappa shape index (κ2) is 7.14. The minimum Gasteiger partial charge on any atom is -0.369 e. The number of nitrogens with two attached hydrogens (primary N) is 2. The van der Waals surface area contributed by atoms with E-state index < -0.39 is 11.8 Å². The topological polar surface area (TPSA) is 92.7 Å². The van der Waals surface area contributed by atoms with Crippen molar-refractivity contribution in [2.75, 3.05) is 0 Å². The zero-order valence-corrected chi connectivity index (χ0v) is 15.7. The summed E-state index contributed by atoms with van der Waals surface area (Å²) in [5, 5.41) is 1.22. The molecule has 0 atom stereocenters. The lowest BCUT2D eigenvalue weighted by molar-refractivity contribution is -0.142. The second-order valence-electron chi connectivity index (χ2n) is 8.20. The normalized spacial score (nSPS) is 20.2. The number of carbonyl (C=O) groups excluding carboxylic acids is 2. The molecule has 138 valence electrons. The van der Waals surface area contributed by atoms with Crippen LogP contribution < -0.4 is 11.6 Å². The number of carbonyl (C=O) groups is 2. The maximum atomic E-state index is 12.1. The zero-order valence-electron chi connectivity index (χ0n) is 15.7. The van der Waals surface area contributed by atoms with Gasteiger partial charge in [-0.05, 0) is 46.1 Å². The van der Waals surface area contributed by atoms with Crippen LogP contribution >= 0.6 is 0 Å². The number of piperidine rings is 1. The van der Waals surface area contributed by atoms with Gasteiger partial charge in [0.15, 0.2) is 0 Å². The molecule has 1 saturated heterocycles. The molecule has 25 heavy (non-hydrogen) atoms. The largest absolute Gasteiger partial charge is 0.369 e. The Kier molecular flexibility index (Phi) is 5.54. The van der Waals surface area contributed by atoms with Gasteiger partial charge in [0.2, 0.25) is 11.8 Å². The lowest BCUT2D eigenvalue weighted by Crippen LogP contribution is -2.65. The fourth-order valence-corrected chi connectivity index (χ4v) is 4.10. The highest BCUT2D eigenvalue weighted by molar-refractivity contribution is 5.95. The van der Waals surface area contributed by atoms with Crippen molar-refractivity contribution >= 4 is 11.8 Å². The molecule has 4 N–H and O–H groups in total. The van der Waals surface area contributed by atoms with E-state index in [-0.39, 0.29) is 23.5 Å². The maximum absolute atomic E-state index is 12.1. The van der Waals surface area contributed by atoms with Crippen LogP contribution in [0.1, 0.15) is 52.5 Å². The average molecular weight is 346 g/mol. The minimum atomic E-state index is -0.652. The van der Waals surface area contributed by atoms with Gasteiger partial charge in [-0.2, -0.15) is 0 Å². The van der Waals surface area contributed by atoms with Gasteiger partial charge >= 0.3 is 0 Å². The summed E-state index contributed by atoms with van der Waals surface area (Å²) in [6, 6.07) is 10.2. The first-order valence-electron chi connectivity index (χ1n) is 8.70. The third kappa shape index (κ3) is 4.58. The van der Waals surface area contributed by atoms with Crippen molar-refractivity contribution in [3.63, 3.8) is 0 Å². The summed E-state index contributed by atoms with van der Waals surface area (Å²) in [5.74, 6) is 4.97. The van der Waals surface area contributed by atoms with E-state index >= 15 is 0 Å². The Bertz CT molecular complexity index is 610. The Morgan fingerprint density at radius 2 is 1.64 bits per heavy atom. The van der Waals surface area contributed by atoms with E-state index in [2.05, 4.69) is 44.7 Å². The third-order valence-corrected chi connectivity index (χ3v) is 5.12. The van der Waals surface area contributed by atoms with Crippen LogP contribution in [0, 0.1) is 0 Å². The first-order valence-corrected chi connectivity index (χ1v) is 8.70. The molecule has 0 radical (unpaired) electrons. The molecule has 0 spiro atoms. The van der Waals surface area contributed by atoms with Gasteiger partial charge < -0.3 is 5.73 Å². The quantitative estimate of drug-likeness (QED) is 0.368. The van der Waals surface area contributed by atoms with Gasteiger partial charge in [-0.3, -0.25) is 19.5 Å². The molecular formula is C19H30N4O2. The van der Waals surface area contributed by atoms with Crippen LogP contribution in [0.5, 0.6) is 0 Å². The Balaban J connectivity index is 2.18. The summed E-state index contributed by atoms with van der Waals surface area (Å²) in [6.45, 7) is 9.55. The Labute approximate surface area is 150 Å². The second-order valence-corrected chi connectivity index (χ2v) is 8.20. The van der Waals surface area contributed by atoms with E-state index in [1.165, 1.54) is 10.6 Å². The molecule has 0 unspecified atom stereocenters. The van der Waals surface area contributed by atoms with Crippen molar-refractivity contribution in [2.45, 2.75) is 70.6 Å². The molecule has 1 aliphatic heterocycles. The zero-order chi connectivity index (χ0) is 18.8. The van der Waals surface area contributed by atoms with Gasteiger partial charge in [0.25, 0.3) is 0 Å². The molecule has 1 aliphatic rings. The number of amides is 2. The smallest absolute Gasteiger partial charge is 0.246 e. The monoisotopic (exact) mass is 346 g/mol. The van der Waals surface area contributed by atoms with Crippen LogP contribution in [0.4, 0.5) is 0 Å². The van der Waals surface area contributed by atoms with Gasteiger partial charge in [0, 0.05) is 17.6 Å². The summed E-state index contributed by atoms with van der Waals surface area (Å²) < 4.78 is 0. The molecule has 0 saturated carbocycles. The molecule has 1 heterocycles. The average Bonchev–Trinajstić information content (AvgIpc) is 2.49. The van der Waals surface area contributed by atoms with Crippen molar-refractivity contribution in [1.82, 2.24) is 9.91 Å². The number of hydrazine groups is 1. The van der Waals surface area contributed by atoms with E-state index in [0.717, 1.165) is 19.4 Å².